The van der Waals surface area contributed by atoms with Gasteiger partial charge in [0.2, 0.25) is 0 Å². The van der Waals surface area contributed by atoms with Gasteiger partial charge in [-0.15, -0.1) is 0 Å². The second-order valence-corrected chi connectivity index (χ2v) is 6.02. The molecule has 0 atom stereocenters. The molecule has 0 unspecified atom stereocenters. The summed E-state index contributed by atoms with van der Waals surface area (Å²) in [5.74, 6) is 1.14. The lowest BCUT2D eigenvalue weighted by Crippen LogP contribution is -1.96. The summed E-state index contributed by atoms with van der Waals surface area (Å²) in [6.45, 7) is 0. The highest BCUT2D eigenvalue weighted by Gasteiger charge is 2.07. The van der Waals surface area contributed by atoms with Gasteiger partial charge in [-0.2, -0.15) is 0 Å². The molecule has 0 fully saturated rings. The number of hydrogen-bond donors (Lipinski definition) is 1. The van der Waals surface area contributed by atoms with E-state index in [2.05, 4.69) is 10.3 Å². The van der Waals surface area contributed by atoms with Crippen molar-refractivity contribution in [1.82, 2.24) is 4.98 Å². The van der Waals surface area contributed by atoms with Gasteiger partial charge >= 0.3 is 0 Å². The Morgan fingerprint density at radius 2 is 1.79 bits per heavy atom. The van der Waals surface area contributed by atoms with Crippen molar-refractivity contribution in [3.63, 3.8) is 0 Å². The number of ether oxygens (including phenoxy) is 1. The van der Waals surface area contributed by atoms with Gasteiger partial charge in [0.25, 0.3) is 0 Å². The molecule has 0 saturated heterocycles. The highest BCUT2D eigenvalue weighted by molar-refractivity contribution is 7.90. The first-order chi connectivity index (χ1) is 8.99. The molecule has 100 valence electrons. The van der Waals surface area contributed by atoms with Crippen molar-refractivity contribution in [1.29, 1.82) is 0 Å². The smallest absolute Gasteiger partial charge is 0.175 e. The molecule has 0 aliphatic heterocycles. The van der Waals surface area contributed by atoms with Crippen LogP contribution >= 0.6 is 0 Å². The summed E-state index contributed by atoms with van der Waals surface area (Å²) >= 11 is 0. The summed E-state index contributed by atoms with van der Waals surface area (Å²) in [6, 6.07) is 8.06. The van der Waals surface area contributed by atoms with Crippen LogP contribution in [-0.2, 0) is 9.84 Å². The number of anilines is 1. The van der Waals surface area contributed by atoms with Crippen LogP contribution in [0.3, 0.4) is 0 Å². The zero-order valence-corrected chi connectivity index (χ0v) is 11.4. The molecule has 2 aromatic rings. The number of nitrogens with zero attached hydrogens (tertiary/aromatic N) is 1. The van der Waals surface area contributed by atoms with Crippen molar-refractivity contribution >= 4 is 15.5 Å². The Morgan fingerprint density at radius 1 is 1.11 bits per heavy atom. The van der Waals surface area contributed by atoms with Crippen LogP contribution in [0.1, 0.15) is 0 Å². The summed E-state index contributed by atoms with van der Waals surface area (Å²) in [7, 11) is -1.39. The van der Waals surface area contributed by atoms with E-state index in [4.69, 9.17) is 4.74 Å². The molecule has 0 bridgehead atoms. The van der Waals surface area contributed by atoms with Gasteiger partial charge < -0.3 is 10.1 Å². The minimum absolute atomic E-state index is 0.266. The van der Waals surface area contributed by atoms with Crippen molar-refractivity contribution < 1.29 is 13.2 Å². The number of benzene rings is 1. The van der Waals surface area contributed by atoms with Gasteiger partial charge in [0.05, 0.1) is 23.0 Å². The molecule has 19 heavy (non-hydrogen) atoms. The molecule has 0 spiro atoms. The Kier molecular flexibility index (Phi) is 3.71. The van der Waals surface area contributed by atoms with Crippen LogP contribution in [0.5, 0.6) is 11.5 Å². The zero-order valence-electron chi connectivity index (χ0n) is 10.6. The van der Waals surface area contributed by atoms with Gasteiger partial charge in [-0.05, 0) is 24.3 Å². The molecule has 0 aliphatic carbocycles. The number of nitrogens with one attached hydrogen (secondary N) is 1. The molecule has 1 aromatic heterocycles. The molecule has 1 heterocycles. The molecule has 0 saturated carbocycles. The highest BCUT2D eigenvalue weighted by Crippen LogP contribution is 2.24. The van der Waals surface area contributed by atoms with Gasteiger partial charge in [0.15, 0.2) is 9.84 Å². The normalized spacial score (nSPS) is 11.1. The number of aromatic nitrogens is 1. The van der Waals surface area contributed by atoms with Gasteiger partial charge in [-0.3, -0.25) is 4.98 Å². The van der Waals surface area contributed by atoms with Crippen molar-refractivity contribution in [2.75, 3.05) is 18.6 Å². The van der Waals surface area contributed by atoms with Crippen LogP contribution in [0, 0.1) is 0 Å². The molecular formula is C13H14N2O3S. The van der Waals surface area contributed by atoms with Crippen molar-refractivity contribution in [2.24, 2.45) is 0 Å². The Morgan fingerprint density at radius 3 is 2.37 bits per heavy atom. The molecule has 0 amide bonds. The SMILES string of the molecule is CNc1cncc(Oc2ccc(S(C)(=O)=O)cc2)c1. The fraction of sp³-hybridized carbons (Fsp3) is 0.154. The maximum absolute atomic E-state index is 11.3. The van der Waals surface area contributed by atoms with Gasteiger partial charge in [0.1, 0.15) is 11.5 Å². The van der Waals surface area contributed by atoms with E-state index >= 15 is 0 Å². The lowest BCUT2D eigenvalue weighted by molar-refractivity contribution is 0.480. The average Bonchev–Trinajstić information content (AvgIpc) is 2.38. The average molecular weight is 278 g/mol. The predicted molar refractivity (Wildman–Crippen MR) is 73.4 cm³/mol. The zero-order chi connectivity index (χ0) is 13.9. The van der Waals surface area contributed by atoms with E-state index in [9.17, 15) is 8.42 Å². The third-order valence-corrected chi connectivity index (χ3v) is 3.62. The fourth-order valence-electron chi connectivity index (χ4n) is 1.50. The third-order valence-electron chi connectivity index (χ3n) is 2.49. The largest absolute Gasteiger partial charge is 0.456 e. The molecule has 6 heteroatoms. The van der Waals surface area contributed by atoms with Gasteiger partial charge in [0, 0.05) is 19.4 Å². The first-order valence-corrected chi connectivity index (χ1v) is 7.49. The Labute approximate surface area is 112 Å². The lowest BCUT2D eigenvalue weighted by atomic mass is 10.3. The predicted octanol–water partition coefficient (Wildman–Crippen LogP) is 2.32. The topological polar surface area (TPSA) is 68.3 Å². The molecule has 1 aromatic carbocycles. The lowest BCUT2D eigenvalue weighted by Gasteiger charge is -2.07. The molecular weight excluding hydrogens is 264 g/mol. The molecule has 0 radical (unpaired) electrons. The Bertz CT molecular complexity index is 667. The number of rotatable bonds is 4. The number of pyridine rings is 1. The van der Waals surface area contributed by atoms with Crippen LogP contribution in [0.25, 0.3) is 0 Å². The van der Waals surface area contributed by atoms with E-state index in [1.165, 1.54) is 18.4 Å². The summed E-state index contributed by atoms with van der Waals surface area (Å²) in [6.07, 6.45) is 4.44. The quantitative estimate of drug-likeness (QED) is 0.929. The van der Waals surface area contributed by atoms with Gasteiger partial charge in [-0.1, -0.05) is 0 Å². The standard InChI is InChI=1S/C13H14N2O3S/c1-14-10-7-12(9-15-8-10)18-11-3-5-13(6-4-11)19(2,16)17/h3-9,14H,1-2H3. The van der Waals surface area contributed by atoms with Gasteiger partial charge in [-0.25, -0.2) is 8.42 Å². The summed E-state index contributed by atoms with van der Waals surface area (Å²) in [5.41, 5.74) is 0.838. The number of sulfone groups is 1. The van der Waals surface area contributed by atoms with E-state index < -0.39 is 9.84 Å². The van der Waals surface area contributed by atoms with Crippen LogP contribution in [0.2, 0.25) is 0 Å². The monoisotopic (exact) mass is 278 g/mol. The van der Waals surface area contributed by atoms with Crippen molar-refractivity contribution in [2.45, 2.75) is 4.90 Å². The second kappa shape index (κ2) is 5.27. The summed E-state index contributed by atoms with van der Waals surface area (Å²) < 4.78 is 28.2. The molecule has 5 nitrogen and oxygen atoms in total. The minimum Gasteiger partial charge on any atom is -0.456 e. The fourth-order valence-corrected chi connectivity index (χ4v) is 2.13. The third kappa shape index (κ3) is 3.45. The molecule has 1 N–H and O–H groups in total. The van der Waals surface area contributed by atoms with Crippen LogP contribution < -0.4 is 10.1 Å². The first-order valence-electron chi connectivity index (χ1n) is 5.60. The Hall–Kier alpha value is -2.08. The molecule has 0 aliphatic rings. The summed E-state index contributed by atoms with van der Waals surface area (Å²) in [4.78, 5) is 4.29. The summed E-state index contributed by atoms with van der Waals surface area (Å²) in [5, 5.41) is 2.96. The highest BCUT2D eigenvalue weighted by atomic mass is 32.2. The van der Waals surface area contributed by atoms with Crippen molar-refractivity contribution in [3.8, 4) is 11.5 Å². The van der Waals surface area contributed by atoms with Crippen LogP contribution in [-0.4, -0.2) is 26.7 Å². The minimum atomic E-state index is -3.18. The van der Waals surface area contributed by atoms with E-state index in [1.807, 2.05) is 0 Å². The second-order valence-electron chi connectivity index (χ2n) is 4.00. The van der Waals surface area contributed by atoms with Crippen molar-refractivity contribution in [3.05, 3.63) is 42.7 Å². The number of hydrogen-bond acceptors (Lipinski definition) is 5. The van der Waals surface area contributed by atoms with E-state index in [0.29, 0.717) is 11.5 Å². The molecule has 2 rings (SSSR count). The first kappa shape index (κ1) is 13.4. The maximum atomic E-state index is 11.3. The van der Waals surface area contributed by atoms with E-state index in [0.717, 1.165) is 5.69 Å². The van der Waals surface area contributed by atoms with E-state index in [-0.39, 0.29) is 4.90 Å². The van der Waals surface area contributed by atoms with E-state index in [1.54, 1.807) is 37.6 Å². The van der Waals surface area contributed by atoms with Crippen LogP contribution in [0.4, 0.5) is 5.69 Å². The van der Waals surface area contributed by atoms with Crippen LogP contribution in [0.15, 0.2) is 47.6 Å². The Balaban J connectivity index is 2.19. The maximum Gasteiger partial charge on any atom is 0.175 e.